The second-order valence-corrected chi connectivity index (χ2v) is 5.44. The van der Waals surface area contributed by atoms with Crippen LogP contribution in [0.3, 0.4) is 0 Å². The van der Waals surface area contributed by atoms with Crippen LogP contribution in [-0.4, -0.2) is 31.4 Å². The maximum Gasteiger partial charge on any atom is 0.255 e. The Morgan fingerprint density at radius 3 is 2.85 bits per heavy atom. The van der Waals surface area contributed by atoms with E-state index in [4.69, 9.17) is 9.62 Å². The van der Waals surface area contributed by atoms with Crippen molar-refractivity contribution in [3.63, 3.8) is 0 Å². The van der Waals surface area contributed by atoms with E-state index in [1.165, 1.54) is 7.05 Å². The first-order chi connectivity index (χ1) is 9.49. The zero-order valence-electron chi connectivity index (χ0n) is 10.7. The average molecular weight is 358 g/mol. The molecule has 2 aromatic rings. The van der Waals surface area contributed by atoms with Crippen LogP contribution in [-0.2, 0) is 0 Å². The number of carbonyl (C=O) groups is 1. The average Bonchev–Trinajstić information content (AvgIpc) is 2.74. The predicted molar refractivity (Wildman–Crippen MR) is 84.1 cm³/mol. The minimum Gasteiger partial charge on any atom is -0.454 e. The van der Waals surface area contributed by atoms with Crippen LogP contribution in [0.15, 0.2) is 26.2 Å². The number of carbonyl (C=O) groups excluding carboxylic acids is 1. The number of hydrogen-bond acceptors (Lipinski definition) is 6. The quantitative estimate of drug-likeness (QED) is 0.341. The molecule has 6 nitrogen and oxygen atoms in total. The highest BCUT2D eigenvalue weighted by molar-refractivity contribution is 9.10. The molecular formula is C12H12BrN3O3S. The van der Waals surface area contributed by atoms with Crippen molar-refractivity contribution in [1.82, 2.24) is 5.32 Å². The van der Waals surface area contributed by atoms with Crippen molar-refractivity contribution in [3.05, 3.63) is 27.9 Å². The maximum atomic E-state index is 12.0. The molecule has 0 spiro atoms. The maximum absolute atomic E-state index is 12.0. The molecule has 0 saturated carbocycles. The van der Waals surface area contributed by atoms with Crippen LogP contribution in [0.5, 0.6) is 0 Å². The van der Waals surface area contributed by atoms with E-state index in [9.17, 15) is 4.79 Å². The molecule has 0 aliphatic heterocycles. The summed E-state index contributed by atoms with van der Waals surface area (Å²) in [6.07, 6.45) is 1.09. The summed E-state index contributed by atoms with van der Waals surface area (Å²) >= 11 is 7.66. The van der Waals surface area contributed by atoms with E-state index < -0.39 is 0 Å². The number of nitrogens with zero attached hydrogens (tertiary/aromatic N) is 2. The molecule has 106 valence electrons. The van der Waals surface area contributed by atoms with Crippen molar-refractivity contribution >= 4 is 57.5 Å². The lowest BCUT2D eigenvalue weighted by molar-refractivity contribution is 0.0963. The Bertz CT molecular complexity index is 697. The van der Waals surface area contributed by atoms with Gasteiger partial charge in [0.2, 0.25) is 0 Å². The van der Waals surface area contributed by atoms with Gasteiger partial charge < -0.3 is 19.2 Å². The van der Waals surface area contributed by atoms with Crippen LogP contribution in [0.2, 0.25) is 0 Å². The van der Waals surface area contributed by atoms with E-state index in [0.29, 0.717) is 16.5 Å². The number of oxime groups is 1. The highest BCUT2D eigenvalue weighted by atomic mass is 79.9. The standard InChI is InChI=1S/C12H12BrN3O3S/c1-14-12(17)11-6-3-7(13)8(16(2)20)4-9(6)19-10(11)5-15-18/h3-5,18,20H,1-2H3,(H,14,17)/b15-5+. The Kier molecular flexibility index (Phi) is 4.24. The van der Waals surface area contributed by atoms with Crippen molar-refractivity contribution < 1.29 is 14.4 Å². The Hall–Kier alpha value is -1.67. The SMILES string of the molecule is CNC(=O)c1c(/C=N/O)oc2cc(N(C)S)c(Br)cc12. The Morgan fingerprint density at radius 2 is 2.30 bits per heavy atom. The number of hydrogen-bond donors (Lipinski definition) is 3. The molecule has 2 N–H and O–H groups in total. The number of anilines is 1. The molecule has 0 unspecified atom stereocenters. The van der Waals surface area contributed by atoms with E-state index in [0.717, 1.165) is 16.4 Å². The third-order valence-electron chi connectivity index (χ3n) is 2.76. The molecular weight excluding hydrogens is 346 g/mol. The van der Waals surface area contributed by atoms with Gasteiger partial charge in [-0.1, -0.05) is 18.0 Å². The number of rotatable bonds is 3. The molecule has 1 aromatic carbocycles. The molecule has 0 radical (unpaired) electrons. The summed E-state index contributed by atoms with van der Waals surface area (Å²) in [5.41, 5.74) is 1.59. The smallest absolute Gasteiger partial charge is 0.255 e. The predicted octanol–water partition coefficient (Wildman–Crippen LogP) is 2.64. The van der Waals surface area contributed by atoms with Crippen LogP contribution < -0.4 is 9.62 Å². The van der Waals surface area contributed by atoms with Gasteiger partial charge >= 0.3 is 0 Å². The second kappa shape index (κ2) is 5.76. The first-order valence-electron chi connectivity index (χ1n) is 5.57. The normalized spacial score (nSPS) is 11.2. The van der Waals surface area contributed by atoms with E-state index in [1.54, 1.807) is 23.5 Å². The Morgan fingerprint density at radius 1 is 1.60 bits per heavy atom. The summed E-state index contributed by atoms with van der Waals surface area (Å²) in [6, 6.07) is 3.51. The molecule has 0 aliphatic carbocycles. The van der Waals surface area contributed by atoms with E-state index in [1.807, 2.05) is 0 Å². The van der Waals surface area contributed by atoms with Gasteiger partial charge in [0, 0.05) is 30.0 Å². The van der Waals surface area contributed by atoms with Gasteiger partial charge in [-0.2, -0.15) is 0 Å². The van der Waals surface area contributed by atoms with Crippen molar-refractivity contribution in [1.29, 1.82) is 0 Å². The number of benzene rings is 1. The summed E-state index contributed by atoms with van der Waals surface area (Å²) in [7, 11) is 3.29. The highest BCUT2D eigenvalue weighted by Crippen LogP contribution is 2.35. The topological polar surface area (TPSA) is 78.1 Å². The fraction of sp³-hybridized carbons (Fsp3) is 0.167. The van der Waals surface area contributed by atoms with Gasteiger partial charge in [-0.05, 0) is 22.0 Å². The van der Waals surface area contributed by atoms with Gasteiger partial charge in [0.15, 0.2) is 5.76 Å². The third kappa shape index (κ3) is 2.48. The van der Waals surface area contributed by atoms with E-state index in [-0.39, 0.29) is 11.7 Å². The van der Waals surface area contributed by atoms with Gasteiger partial charge in [0.05, 0.1) is 11.3 Å². The van der Waals surface area contributed by atoms with Gasteiger partial charge in [-0.15, -0.1) is 0 Å². The molecule has 2 rings (SSSR count). The number of fused-ring (bicyclic) bond motifs is 1. The molecule has 0 saturated heterocycles. The van der Waals surface area contributed by atoms with Crippen LogP contribution in [0, 0.1) is 0 Å². The Labute approximate surface area is 129 Å². The number of furan rings is 1. The molecule has 0 bridgehead atoms. The third-order valence-corrected chi connectivity index (χ3v) is 3.61. The first-order valence-corrected chi connectivity index (χ1v) is 6.77. The summed E-state index contributed by atoms with van der Waals surface area (Å²) in [6.45, 7) is 0. The lowest BCUT2D eigenvalue weighted by Crippen LogP contribution is -2.18. The van der Waals surface area contributed by atoms with Crippen molar-refractivity contribution in [2.24, 2.45) is 5.16 Å². The molecule has 1 aromatic heterocycles. The molecule has 1 amide bonds. The fourth-order valence-corrected chi connectivity index (χ4v) is 2.79. The van der Waals surface area contributed by atoms with E-state index >= 15 is 0 Å². The van der Waals surface area contributed by atoms with Crippen molar-refractivity contribution in [3.8, 4) is 0 Å². The molecule has 1 heterocycles. The zero-order valence-corrected chi connectivity index (χ0v) is 13.2. The summed E-state index contributed by atoms with van der Waals surface area (Å²) in [5, 5.41) is 14.7. The molecule has 0 atom stereocenters. The van der Waals surface area contributed by atoms with Crippen molar-refractivity contribution in [2.45, 2.75) is 0 Å². The first kappa shape index (κ1) is 14.7. The van der Waals surface area contributed by atoms with Crippen LogP contribution in [0.4, 0.5) is 5.69 Å². The van der Waals surface area contributed by atoms with E-state index in [2.05, 4.69) is 39.2 Å². The van der Waals surface area contributed by atoms with Crippen molar-refractivity contribution in [2.75, 3.05) is 18.4 Å². The number of thiol groups is 1. The number of nitrogens with one attached hydrogen (secondary N) is 1. The molecule has 8 heteroatoms. The fourth-order valence-electron chi connectivity index (χ4n) is 1.88. The lowest BCUT2D eigenvalue weighted by Gasteiger charge is -2.12. The van der Waals surface area contributed by atoms with Gasteiger partial charge in [-0.3, -0.25) is 4.79 Å². The van der Waals surface area contributed by atoms with Crippen LogP contribution in [0.1, 0.15) is 16.1 Å². The lowest BCUT2D eigenvalue weighted by atomic mass is 10.1. The summed E-state index contributed by atoms with van der Waals surface area (Å²) in [5.74, 6) is -0.134. The molecule has 0 fully saturated rings. The number of halogens is 1. The summed E-state index contributed by atoms with van der Waals surface area (Å²) < 4.78 is 7.94. The number of amides is 1. The second-order valence-electron chi connectivity index (χ2n) is 3.99. The summed E-state index contributed by atoms with van der Waals surface area (Å²) in [4.78, 5) is 12.0. The minimum absolute atomic E-state index is 0.188. The molecule has 20 heavy (non-hydrogen) atoms. The minimum atomic E-state index is -0.322. The Balaban J connectivity index is 2.78. The largest absolute Gasteiger partial charge is 0.454 e. The van der Waals surface area contributed by atoms with Crippen LogP contribution in [0.25, 0.3) is 11.0 Å². The van der Waals surface area contributed by atoms with Gasteiger partial charge in [0.1, 0.15) is 11.8 Å². The highest BCUT2D eigenvalue weighted by Gasteiger charge is 2.21. The zero-order chi connectivity index (χ0) is 14.9. The molecule has 0 aliphatic rings. The monoisotopic (exact) mass is 357 g/mol. The van der Waals surface area contributed by atoms with Gasteiger partial charge in [0.25, 0.3) is 5.91 Å². The van der Waals surface area contributed by atoms with Crippen LogP contribution >= 0.6 is 28.7 Å². The van der Waals surface area contributed by atoms with Gasteiger partial charge in [-0.25, -0.2) is 0 Å².